The third-order valence-corrected chi connectivity index (χ3v) is 5.83. The highest BCUT2D eigenvalue weighted by Crippen LogP contribution is 2.39. The second-order valence-electron chi connectivity index (χ2n) is 8.10. The summed E-state index contributed by atoms with van der Waals surface area (Å²) in [6.07, 6.45) is 8.02. The molecule has 0 bridgehead atoms. The van der Waals surface area contributed by atoms with Crippen molar-refractivity contribution in [2.75, 3.05) is 7.11 Å². The van der Waals surface area contributed by atoms with Crippen molar-refractivity contribution < 1.29 is 4.74 Å². The van der Waals surface area contributed by atoms with Crippen LogP contribution < -0.4 is 0 Å². The van der Waals surface area contributed by atoms with E-state index < -0.39 is 0 Å². The molecule has 25 heavy (non-hydrogen) atoms. The zero-order chi connectivity index (χ0) is 19.8. The first-order valence-electron chi connectivity index (χ1n) is 8.44. The summed E-state index contributed by atoms with van der Waals surface area (Å²) < 4.78 is 5.85. The van der Waals surface area contributed by atoms with Crippen LogP contribution in [0.4, 0.5) is 0 Å². The molecule has 0 aliphatic carbocycles. The standard InChI is InChI=1S/C22H34OS2/c1-12-18(16(3)15-25-24-13-2)14-19(22(8,9)10)20(23-11)17(4)21(5,6)7/h1,13-15,18H,2H2,3-11H3/b16-15+,19-14+,20-17-. The van der Waals surface area contributed by atoms with E-state index in [2.05, 4.69) is 79.4 Å². The first kappa shape index (κ1) is 24.0. The summed E-state index contributed by atoms with van der Waals surface area (Å²) in [5.41, 5.74) is 3.48. The number of methoxy groups -OCH3 is 1. The molecule has 0 aromatic rings. The van der Waals surface area contributed by atoms with Crippen molar-refractivity contribution in [3.8, 4) is 12.3 Å². The minimum Gasteiger partial charge on any atom is -0.497 e. The molecule has 0 aliphatic heterocycles. The molecule has 0 radical (unpaired) electrons. The molecule has 3 heteroatoms. The molecule has 0 saturated carbocycles. The first-order valence-corrected chi connectivity index (χ1v) is 10.7. The molecule has 0 aromatic carbocycles. The largest absolute Gasteiger partial charge is 0.497 e. The minimum atomic E-state index is -0.0732. The van der Waals surface area contributed by atoms with Gasteiger partial charge in [0.05, 0.1) is 13.0 Å². The molecular formula is C22H34OS2. The predicted molar refractivity (Wildman–Crippen MR) is 118 cm³/mol. The maximum atomic E-state index is 5.85. The van der Waals surface area contributed by atoms with Crippen molar-refractivity contribution in [2.24, 2.45) is 16.7 Å². The van der Waals surface area contributed by atoms with Gasteiger partial charge in [-0.15, -0.1) is 6.42 Å². The Morgan fingerprint density at radius 2 is 1.64 bits per heavy atom. The molecule has 0 aromatic heterocycles. The van der Waals surface area contributed by atoms with E-state index in [-0.39, 0.29) is 16.7 Å². The van der Waals surface area contributed by atoms with Crippen LogP contribution in [0.1, 0.15) is 55.4 Å². The summed E-state index contributed by atoms with van der Waals surface area (Å²) in [7, 11) is 4.97. The second-order valence-corrected chi connectivity index (χ2v) is 10.2. The number of hydrogen-bond donors (Lipinski definition) is 0. The summed E-state index contributed by atoms with van der Waals surface area (Å²) in [6, 6.07) is 0. The summed E-state index contributed by atoms with van der Waals surface area (Å²) in [4.78, 5) is 0. The molecule has 140 valence electrons. The summed E-state index contributed by atoms with van der Waals surface area (Å²) >= 11 is 0. The lowest BCUT2D eigenvalue weighted by Crippen LogP contribution is -2.19. The molecule has 0 N–H and O–H groups in total. The van der Waals surface area contributed by atoms with E-state index in [1.165, 1.54) is 5.57 Å². The van der Waals surface area contributed by atoms with Gasteiger partial charge in [-0.3, -0.25) is 0 Å². The quantitative estimate of drug-likeness (QED) is 0.148. The Hall–Kier alpha value is -0.980. The maximum Gasteiger partial charge on any atom is 0.121 e. The Labute approximate surface area is 163 Å². The number of rotatable bonds is 7. The topological polar surface area (TPSA) is 9.23 Å². The fourth-order valence-corrected chi connectivity index (χ4v) is 3.46. The summed E-state index contributed by atoms with van der Waals surface area (Å²) in [6.45, 7) is 21.1. The molecule has 0 amide bonds. The molecule has 0 spiro atoms. The van der Waals surface area contributed by atoms with Crippen LogP contribution in [0.2, 0.25) is 0 Å². The Kier molecular flexibility index (Phi) is 9.84. The van der Waals surface area contributed by atoms with Crippen LogP contribution in [0.25, 0.3) is 0 Å². The lowest BCUT2D eigenvalue weighted by Gasteiger charge is -2.31. The smallest absolute Gasteiger partial charge is 0.121 e. The van der Waals surface area contributed by atoms with Crippen molar-refractivity contribution in [1.29, 1.82) is 0 Å². The zero-order valence-electron chi connectivity index (χ0n) is 17.3. The van der Waals surface area contributed by atoms with Crippen LogP contribution in [-0.4, -0.2) is 7.11 Å². The van der Waals surface area contributed by atoms with Gasteiger partial charge in [-0.1, -0.05) is 81.7 Å². The molecule has 0 rings (SSSR count). The number of allylic oxidation sites excluding steroid dienone is 4. The highest BCUT2D eigenvalue weighted by atomic mass is 33.1. The highest BCUT2D eigenvalue weighted by Gasteiger charge is 2.28. The van der Waals surface area contributed by atoms with Crippen LogP contribution in [0.5, 0.6) is 0 Å². The average Bonchev–Trinajstić information content (AvgIpc) is 2.49. The second kappa shape index (κ2) is 10.2. The van der Waals surface area contributed by atoms with E-state index in [0.29, 0.717) is 0 Å². The average molecular weight is 379 g/mol. The van der Waals surface area contributed by atoms with Gasteiger partial charge in [-0.05, 0) is 52.2 Å². The molecule has 0 heterocycles. The van der Waals surface area contributed by atoms with E-state index in [0.717, 1.165) is 16.9 Å². The monoisotopic (exact) mass is 378 g/mol. The number of ether oxygens (including phenoxy) is 1. The van der Waals surface area contributed by atoms with E-state index in [1.807, 2.05) is 5.41 Å². The van der Waals surface area contributed by atoms with Crippen LogP contribution in [0.15, 0.2) is 45.9 Å². The highest BCUT2D eigenvalue weighted by molar-refractivity contribution is 8.78. The number of terminal acetylenes is 1. The molecular weight excluding hydrogens is 344 g/mol. The molecule has 1 unspecified atom stereocenters. The molecule has 0 saturated heterocycles. The fourth-order valence-electron chi connectivity index (χ4n) is 2.17. The van der Waals surface area contributed by atoms with Crippen LogP contribution >= 0.6 is 21.6 Å². The minimum absolute atomic E-state index is 0.0304. The van der Waals surface area contributed by atoms with E-state index in [4.69, 9.17) is 11.2 Å². The van der Waals surface area contributed by atoms with Gasteiger partial charge >= 0.3 is 0 Å². The van der Waals surface area contributed by atoms with Crippen LogP contribution in [0, 0.1) is 29.1 Å². The van der Waals surface area contributed by atoms with Gasteiger partial charge in [-0.25, -0.2) is 0 Å². The molecule has 0 aliphatic rings. The van der Waals surface area contributed by atoms with Gasteiger partial charge in [-0.2, -0.15) is 0 Å². The van der Waals surface area contributed by atoms with Gasteiger partial charge in [0.25, 0.3) is 0 Å². The predicted octanol–water partition coefficient (Wildman–Crippen LogP) is 7.60. The SMILES string of the molecule is C#CC(/C=C(\C(OC)=C(/C)C(C)(C)C)C(C)(C)C)/C(C)=C/SSC=C. The van der Waals surface area contributed by atoms with Crippen molar-refractivity contribution in [3.05, 3.63) is 45.9 Å². The maximum absolute atomic E-state index is 5.85. The molecule has 1 nitrogen and oxygen atoms in total. The van der Waals surface area contributed by atoms with Crippen molar-refractivity contribution >= 4 is 21.6 Å². The Morgan fingerprint density at radius 1 is 1.08 bits per heavy atom. The normalized spacial score (nSPS) is 16.0. The van der Waals surface area contributed by atoms with Crippen molar-refractivity contribution in [3.63, 3.8) is 0 Å². The lowest BCUT2D eigenvalue weighted by atomic mass is 9.77. The van der Waals surface area contributed by atoms with E-state index in [1.54, 1.807) is 28.7 Å². The lowest BCUT2D eigenvalue weighted by molar-refractivity contribution is 0.266. The summed E-state index contributed by atoms with van der Waals surface area (Å²) in [5, 5.41) is 3.91. The Balaban J connectivity index is 6.21. The zero-order valence-corrected chi connectivity index (χ0v) is 19.0. The third-order valence-electron chi connectivity index (χ3n) is 4.08. The Morgan fingerprint density at radius 3 is 2.00 bits per heavy atom. The van der Waals surface area contributed by atoms with Crippen molar-refractivity contribution in [1.82, 2.24) is 0 Å². The van der Waals surface area contributed by atoms with Gasteiger partial charge < -0.3 is 4.74 Å². The van der Waals surface area contributed by atoms with Gasteiger partial charge in [0, 0.05) is 0 Å². The van der Waals surface area contributed by atoms with Crippen LogP contribution in [0.3, 0.4) is 0 Å². The number of hydrogen-bond acceptors (Lipinski definition) is 3. The first-order chi connectivity index (χ1) is 11.4. The van der Waals surface area contributed by atoms with Crippen LogP contribution in [-0.2, 0) is 4.74 Å². The summed E-state index contributed by atoms with van der Waals surface area (Å²) in [5.74, 6) is 3.80. The van der Waals surface area contributed by atoms with Gasteiger partial charge in [0.2, 0.25) is 0 Å². The van der Waals surface area contributed by atoms with Gasteiger partial charge in [0.15, 0.2) is 0 Å². The molecule has 1 atom stereocenters. The Bertz CT molecular complexity index is 587. The van der Waals surface area contributed by atoms with E-state index >= 15 is 0 Å². The van der Waals surface area contributed by atoms with Crippen molar-refractivity contribution in [2.45, 2.75) is 55.4 Å². The van der Waals surface area contributed by atoms with E-state index in [9.17, 15) is 0 Å². The third kappa shape index (κ3) is 7.84. The van der Waals surface area contributed by atoms with Gasteiger partial charge in [0.1, 0.15) is 5.76 Å². The molecule has 0 fully saturated rings. The fraction of sp³-hybridized carbons (Fsp3) is 0.545.